The summed E-state index contributed by atoms with van der Waals surface area (Å²) in [5.41, 5.74) is 1.38. The molecule has 0 radical (unpaired) electrons. The number of hydrogen-bond donors (Lipinski definition) is 1. The fourth-order valence-electron chi connectivity index (χ4n) is 1.71. The lowest BCUT2D eigenvalue weighted by atomic mass is 10.2. The third-order valence-electron chi connectivity index (χ3n) is 2.51. The number of rotatable bonds is 7. The number of hydrogen-bond acceptors (Lipinski definition) is 2. The van der Waals surface area contributed by atoms with E-state index in [1.165, 1.54) is 11.4 Å². The molecule has 0 aliphatic heterocycles. The molecule has 15 heavy (non-hydrogen) atoms. The number of thioether (sulfide) groups is 1. The van der Waals surface area contributed by atoms with Gasteiger partial charge in [-0.25, -0.2) is 0 Å². The third kappa shape index (κ3) is 4.31. The fraction of sp³-hybridized carbons (Fsp3) is 0.667. The van der Waals surface area contributed by atoms with Gasteiger partial charge in [0.25, 0.3) is 0 Å². The molecule has 0 saturated carbocycles. The van der Waals surface area contributed by atoms with Crippen LogP contribution in [0.3, 0.4) is 0 Å². The van der Waals surface area contributed by atoms with E-state index in [2.05, 4.69) is 48.3 Å². The average molecular weight is 226 g/mol. The van der Waals surface area contributed by atoms with Crippen LogP contribution in [0, 0.1) is 5.92 Å². The quantitative estimate of drug-likeness (QED) is 0.769. The Morgan fingerprint density at radius 2 is 2.33 bits per heavy atom. The second-order valence-electron chi connectivity index (χ2n) is 3.98. The van der Waals surface area contributed by atoms with Crippen molar-refractivity contribution in [2.45, 2.75) is 26.9 Å². The Hall–Kier alpha value is -0.410. The van der Waals surface area contributed by atoms with Crippen LogP contribution >= 0.6 is 11.8 Å². The van der Waals surface area contributed by atoms with E-state index in [-0.39, 0.29) is 0 Å². The summed E-state index contributed by atoms with van der Waals surface area (Å²) in [6.45, 7) is 7.63. The lowest BCUT2D eigenvalue weighted by Crippen LogP contribution is -2.23. The molecule has 1 N–H and O–H groups in total. The van der Waals surface area contributed by atoms with Gasteiger partial charge in [0.15, 0.2) is 0 Å². The zero-order valence-electron chi connectivity index (χ0n) is 9.99. The first-order valence-electron chi connectivity index (χ1n) is 5.61. The maximum Gasteiger partial charge on any atom is 0.0359 e. The van der Waals surface area contributed by atoms with Crippen molar-refractivity contribution in [3.05, 3.63) is 24.0 Å². The molecular weight excluding hydrogens is 204 g/mol. The van der Waals surface area contributed by atoms with Gasteiger partial charge in [-0.3, -0.25) is 0 Å². The number of aryl methyl sites for hydroxylation is 1. The topological polar surface area (TPSA) is 17.0 Å². The number of nitrogens with one attached hydrogen (secondary N) is 1. The summed E-state index contributed by atoms with van der Waals surface area (Å²) in [7, 11) is 0. The van der Waals surface area contributed by atoms with Crippen LogP contribution in [0.5, 0.6) is 0 Å². The molecule has 86 valence electrons. The van der Waals surface area contributed by atoms with Gasteiger partial charge in [0.2, 0.25) is 0 Å². The van der Waals surface area contributed by atoms with Crippen molar-refractivity contribution in [2.75, 3.05) is 18.6 Å². The average Bonchev–Trinajstić information content (AvgIpc) is 2.66. The van der Waals surface area contributed by atoms with E-state index in [1.807, 2.05) is 11.8 Å². The molecule has 1 heterocycles. The van der Waals surface area contributed by atoms with E-state index in [9.17, 15) is 0 Å². The van der Waals surface area contributed by atoms with Gasteiger partial charge < -0.3 is 9.88 Å². The smallest absolute Gasteiger partial charge is 0.0359 e. The highest BCUT2D eigenvalue weighted by atomic mass is 32.2. The van der Waals surface area contributed by atoms with Crippen LogP contribution in [0.4, 0.5) is 0 Å². The van der Waals surface area contributed by atoms with Crippen LogP contribution in [-0.4, -0.2) is 23.1 Å². The Morgan fingerprint density at radius 3 is 3.00 bits per heavy atom. The van der Waals surface area contributed by atoms with E-state index >= 15 is 0 Å². The molecule has 0 fully saturated rings. The second-order valence-corrected chi connectivity index (χ2v) is 4.89. The molecule has 1 unspecified atom stereocenters. The van der Waals surface area contributed by atoms with Gasteiger partial charge in [0, 0.05) is 25.0 Å². The highest BCUT2D eigenvalue weighted by Gasteiger charge is 2.02. The van der Waals surface area contributed by atoms with Crippen LogP contribution in [0.2, 0.25) is 0 Å². The van der Waals surface area contributed by atoms with Crippen molar-refractivity contribution in [1.29, 1.82) is 0 Å². The molecule has 0 amide bonds. The predicted molar refractivity (Wildman–Crippen MR) is 69.4 cm³/mol. The first kappa shape index (κ1) is 12.7. The lowest BCUT2D eigenvalue weighted by molar-refractivity contribution is 0.543. The number of aromatic nitrogens is 1. The molecule has 1 rings (SSSR count). The van der Waals surface area contributed by atoms with E-state index in [0.29, 0.717) is 0 Å². The molecule has 0 aliphatic carbocycles. The van der Waals surface area contributed by atoms with E-state index in [0.717, 1.165) is 25.6 Å². The van der Waals surface area contributed by atoms with E-state index < -0.39 is 0 Å². The van der Waals surface area contributed by atoms with E-state index in [4.69, 9.17) is 0 Å². The Kier molecular flexibility index (Phi) is 5.88. The van der Waals surface area contributed by atoms with Crippen LogP contribution in [-0.2, 0) is 13.1 Å². The first-order chi connectivity index (χ1) is 7.27. The normalized spacial score (nSPS) is 13.0. The molecule has 0 aromatic carbocycles. The van der Waals surface area contributed by atoms with Crippen molar-refractivity contribution in [3.63, 3.8) is 0 Å². The Labute approximate surface area is 97.4 Å². The minimum Gasteiger partial charge on any atom is -0.351 e. The molecule has 1 atom stereocenters. The maximum absolute atomic E-state index is 3.51. The van der Waals surface area contributed by atoms with Gasteiger partial charge >= 0.3 is 0 Å². The second kappa shape index (κ2) is 6.96. The molecule has 1 aromatic heterocycles. The van der Waals surface area contributed by atoms with Crippen molar-refractivity contribution in [3.8, 4) is 0 Å². The fourth-order valence-corrected chi connectivity index (χ4v) is 2.40. The highest BCUT2D eigenvalue weighted by Crippen LogP contribution is 2.04. The molecule has 0 saturated heterocycles. The summed E-state index contributed by atoms with van der Waals surface area (Å²) in [5, 5.41) is 3.51. The summed E-state index contributed by atoms with van der Waals surface area (Å²) < 4.78 is 2.28. The van der Waals surface area contributed by atoms with Crippen LogP contribution in [0.15, 0.2) is 18.3 Å². The summed E-state index contributed by atoms with van der Waals surface area (Å²) in [4.78, 5) is 0. The summed E-state index contributed by atoms with van der Waals surface area (Å²) in [5.74, 6) is 1.99. The summed E-state index contributed by atoms with van der Waals surface area (Å²) in [6.07, 6.45) is 4.31. The summed E-state index contributed by atoms with van der Waals surface area (Å²) in [6, 6.07) is 4.31. The minimum atomic E-state index is 0.755. The highest BCUT2D eigenvalue weighted by molar-refractivity contribution is 7.98. The zero-order valence-corrected chi connectivity index (χ0v) is 10.8. The standard InChI is InChI=1S/C12H22N2S/c1-4-14-7-5-6-12(14)9-13-8-11(2)10-15-3/h5-7,11,13H,4,8-10H2,1-3H3. The van der Waals surface area contributed by atoms with Gasteiger partial charge in [0.1, 0.15) is 0 Å². The molecule has 3 heteroatoms. The van der Waals surface area contributed by atoms with Gasteiger partial charge in [-0.05, 0) is 43.5 Å². The largest absolute Gasteiger partial charge is 0.351 e. The molecule has 0 aliphatic rings. The molecule has 1 aromatic rings. The maximum atomic E-state index is 3.51. The molecule has 0 bridgehead atoms. The monoisotopic (exact) mass is 226 g/mol. The van der Waals surface area contributed by atoms with Crippen LogP contribution < -0.4 is 5.32 Å². The molecule has 0 spiro atoms. The number of nitrogens with zero attached hydrogens (tertiary/aromatic N) is 1. The summed E-state index contributed by atoms with van der Waals surface area (Å²) >= 11 is 1.92. The van der Waals surface area contributed by atoms with E-state index in [1.54, 1.807) is 0 Å². The Balaban J connectivity index is 2.25. The third-order valence-corrected chi connectivity index (χ3v) is 3.42. The van der Waals surface area contributed by atoms with Gasteiger partial charge in [-0.15, -0.1) is 0 Å². The lowest BCUT2D eigenvalue weighted by Gasteiger charge is -2.12. The SMILES string of the molecule is CCn1cccc1CNCC(C)CSC. The Morgan fingerprint density at radius 1 is 1.53 bits per heavy atom. The van der Waals surface area contributed by atoms with Crippen molar-refractivity contribution < 1.29 is 0 Å². The van der Waals surface area contributed by atoms with Gasteiger partial charge in [0.05, 0.1) is 0 Å². The van der Waals surface area contributed by atoms with Crippen molar-refractivity contribution >= 4 is 11.8 Å². The zero-order chi connectivity index (χ0) is 11.1. The predicted octanol–water partition coefficient (Wildman–Crippen LogP) is 2.60. The van der Waals surface area contributed by atoms with Gasteiger partial charge in [-0.2, -0.15) is 11.8 Å². The first-order valence-corrected chi connectivity index (χ1v) is 7.01. The Bertz CT molecular complexity index is 270. The molecule has 2 nitrogen and oxygen atoms in total. The van der Waals surface area contributed by atoms with Crippen molar-refractivity contribution in [2.24, 2.45) is 5.92 Å². The van der Waals surface area contributed by atoms with Crippen LogP contribution in [0.25, 0.3) is 0 Å². The minimum absolute atomic E-state index is 0.755. The van der Waals surface area contributed by atoms with Gasteiger partial charge in [-0.1, -0.05) is 6.92 Å². The van der Waals surface area contributed by atoms with Crippen molar-refractivity contribution in [1.82, 2.24) is 9.88 Å². The molecular formula is C12H22N2S. The van der Waals surface area contributed by atoms with Crippen LogP contribution in [0.1, 0.15) is 19.5 Å².